The van der Waals surface area contributed by atoms with E-state index < -0.39 is 11.4 Å². The van der Waals surface area contributed by atoms with Crippen LogP contribution in [0.3, 0.4) is 0 Å². The number of aliphatic carboxylic acids is 1. The fourth-order valence-corrected chi connectivity index (χ4v) is 4.65. The molecule has 0 saturated carbocycles. The Hall–Kier alpha value is -2.70. The van der Waals surface area contributed by atoms with Gasteiger partial charge >= 0.3 is 5.97 Å². The van der Waals surface area contributed by atoms with Gasteiger partial charge in [0.15, 0.2) is 0 Å². The lowest BCUT2D eigenvalue weighted by Crippen LogP contribution is -2.35. The van der Waals surface area contributed by atoms with Crippen LogP contribution in [0, 0.1) is 0 Å². The van der Waals surface area contributed by atoms with Crippen molar-refractivity contribution in [2.75, 3.05) is 26.2 Å². The van der Waals surface area contributed by atoms with Crippen molar-refractivity contribution in [3.05, 3.63) is 65.5 Å². The molecule has 1 saturated heterocycles. The molecule has 1 aliphatic heterocycles. The number of carbonyl (C=O) groups is 1. The molecule has 3 aromatic rings. The summed E-state index contributed by atoms with van der Waals surface area (Å²) in [5.74, 6) is 0.722. The maximum Gasteiger partial charge on any atom is 0.313 e. The van der Waals surface area contributed by atoms with E-state index in [4.69, 9.17) is 4.98 Å². The average molecular weight is 436 g/mol. The minimum atomic E-state index is -0.868. The molecule has 2 N–H and O–H groups in total. The predicted octanol–water partition coefficient (Wildman–Crippen LogP) is 3.81. The minimum Gasteiger partial charge on any atom is -0.481 e. The van der Waals surface area contributed by atoms with Gasteiger partial charge in [-0.1, -0.05) is 36.4 Å². The third-order valence-corrected chi connectivity index (χ3v) is 6.89. The molecule has 0 radical (unpaired) electrons. The maximum absolute atomic E-state index is 11.5. The molecule has 0 aliphatic carbocycles. The summed E-state index contributed by atoms with van der Waals surface area (Å²) in [7, 11) is 0. The zero-order valence-corrected chi connectivity index (χ0v) is 19.0. The number of carboxylic acid groups (broad SMARTS) is 1. The SMILES string of the molecule is CC(C)(C(=O)O)c1ccc(CCN2CCC(c3nc4ccccc4n3CCO)CC2)cc1. The van der Waals surface area contributed by atoms with Crippen molar-refractivity contribution in [1.82, 2.24) is 14.5 Å². The second kappa shape index (κ2) is 9.43. The average Bonchev–Trinajstić information content (AvgIpc) is 3.17. The van der Waals surface area contributed by atoms with Gasteiger partial charge in [-0.25, -0.2) is 4.98 Å². The second-order valence-corrected chi connectivity index (χ2v) is 9.33. The summed E-state index contributed by atoms with van der Waals surface area (Å²) < 4.78 is 2.19. The van der Waals surface area contributed by atoms with Gasteiger partial charge in [-0.15, -0.1) is 0 Å². The highest BCUT2D eigenvalue weighted by Crippen LogP contribution is 2.30. The molecule has 2 heterocycles. The molecule has 0 amide bonds. The van der Waals surface area contributed by atoms with Crippen molar-refractivity contribution in [1.29, 1.82) is 0 Å². The van der Waals surface area contributed by atoms with Crippen molar-refractivity contribution in [3.8, 4) is 0 Å². The first kappa shape index (κ1) is 22.5. The molecular weight excluding hydrogens is 402 g/mol. The minimum absolute atomic E-state index is 0.120. The monoisotopic (exact) mass is 435 g/mol. The summed E-state index contributed by atoms with van der Waals surface area (Å²) in [5.41, 5.74) is 3.32. The van der Waals surface area contributed by atoms with Gasteiger partial charge in [0.2, 0.25) is 0 Å². The predicted molar refractivity (Wildman–Crippen MR) is 126 cm³/mol. The molecule has 2 aromatic carbocycles. The first-order valence-corrected chi connectivity index (χ1v) is 11.5. The molecule has 1 aliphatic rings. The number of aliphatic hydroxyl groups is 1. The van der Waals surface area contributed by atoms with Crippen LogP contribution in [-0.2, 0) is 23.2 Å². The maximum atomic E-state index is 11.5. The fourth-order valence-electron chi connectivity index (χ4n) is 4.65. The Kier molecular flexibility index (Phi) is 6.63. The number of carboxylic acids is 1. The topological polar surface area (TPSA) is 78.6 Å². The summed E-state index contributed by atoms with van der Waals surface area (Å²) in [6, 6.07) is 16.2. The van der Waals surface area contributed by atoms with E-state index in [0.29, 0.717) is 12.5 Å². The van der Waals surface area contributed by atoms with Crippen LogP contribution in [-0.4, -0.2) is 56.9 Å². The molecular formula is C26H33N3O3. The number of likely N-dealkylation sites (tertiary alicyclic amines) is 1. The Morgan fingerprint density at radius 1 is 1.06 bits per heavy atom. The van der Waals surface area contributed by atoms with E-state index in [9.17, 15) is 15.0 Å². The van der Waals surface area contributed by atoms with Crippen LogP contribution in [0.5, 0.6) is 0 Å². The van der Waals surface area contributed by atoms with Gasteiger partial charge in [-0.05, 0) is 69.5 Å². The third kappa shape index (κ3) is 4.57. The molecule has 32 heavy (non-hydrogen) atoms. The summed E-state index contributed by atoms with van der Waals surface area (Å²) in [5, 5.41) is 18.9. The Bertz CT molecular complexity index is 1060. The first-order chi connectivity index (χ1) is 15.4. The summed E-state index contributed by atoms with van der Waals surface area (Å²) >= 11 is 0. The number of hydrogen-bond donors (Lipinski definition) is 2. The molecule has 0 bridgehead atoms. The molecule has 0 atom stereocenters. The van der Waals surface area contributed by atoms with Gasteiger partial charge < -0.3 is 19.7 Å². The molecule has 0 unspecified atom stereocenters. The van der Waals surface area contributed by atoms with Crippen LogP contribution in [0.15, 0.2) is 48.5 Å². The van der Waals surface area contributed by atoms with Gasteiger partial charge in [-0.2, -0.15) is 0 Å². The van der Waals surface area contributed by atoms with Crippen molar-refractivity contribution in [2.24, 2.45) is 0 Å². The Balaban J connectivity index is 1.34. The largest absolute Gasteiger partial charge is 0.481 e. The standard InChI is InChI=1S/C26H33N3O3/c1-26(2,25(31)32)21-9-7-19(8-10-21)11-14-28-15-12-20(13-16-28)24-27-22-5-3-4-6-23(22)29(24)17-18-30/h3-10,20,30H,11-18H2,1-2H3,(H,31,32). The quantitative estimate of drug-likeness (QED) is 0.563. The van der Waals surface area contributed by atoms with Crippen LogP contribution < -0.4 is 0 Å². The highest BCUT2D eigenvalue weighted by Gasteiger charge is 2.29. The Morgan fingerprint density at radius 3 is 2.41 bits per heavy atom. The summed E-state index contributed by atoms with van der Waals surface area (Å²) in [6.45, 7) is 7.27. The molecule has 6 heteroatoms. The number of benzene rings is 2. The van der Waals surface area contributed by atoms with Crippen molar-refractivity contribution in [3.63, 3.8) is 0 Å². The van der Waals surface area contributed by atoms with Gasteiger partial charge in [0.1, 0.15) is 5.82 Å². The number of hydrogen-bond acceptors (Lipinski definition) is 4. The van der Waals surface area contributed by atoms with Crippen LogP contribution in [0.4, 0.5) is 0 Å². The number of aliphatic hydroxyl groups excluding tert-OH is 1. The zero-order chi connectivity index (χ0) is 22.7. The van der Waals surface area contributed by atoms with Gasteiger partial charge in [-0.3, -0.25) is 4.79 Å². The van der Waals surface area contributed by atoms with Crippen molar-refractivity contribution >= 4 is 17.0 Å². The van der Waals surface area contributed by atoms with E-state index in [1.807, 2.05) is 30.3 Å². The number of fused-ring (bicyclic) bond motifs is 1. The normalized spacial score (nSPS) is 16.0. The third-order valence-electron chi connectivity index (χ3n) is 6.89. The number of imidazole rings is 1. The van der Waals surface area contributed by atoms with Gasteiger partial charge in [0.05, 0.1) is 23.1 Å². The van der Waals surface area contributed by atoms with Gasteiger partial charge in [0.25, 0.3) is 0 Å². The van der Waals surface area contributed by atoms with Gasteiger partial charge in [0, 0.05) is 19.0 Å². The lowest BCUT2D eigenvalue weighted by atomic mass is 9.84. The van der Waals surface area contributed by atoms with E-state index in [1.165, 1.54) is 5.56 Å². The highest BCUT2D eigenvalue weighted by atomic mass is 16.4. The number of aromatic nitrogens is 2. The van der Waals surface area contributed by atoms with E-state index in [1.54, 1.807) is 13.8 Å². The van der Waals surface area contributed by atoms with E-state index in [-0.39, 0.29) is 6.61 Å². The second-order valence-electron chi connectivity index (χ2n) is 9.33. The number of piperidine rings is 1. The molecule has 170 valence electrons. The van der Waals surface area contributed by atoms with Crippen LogP contribution in [0.1, 0.15) is 49.6 Å². The molecule has 1 aromatic heterocycles. The highest BCUT2D eigenvalue weighted by molar-refractivity contribution is 5.80. The lowest BCUT2D eigenvalue weighted by molar-refractivity contribution is -0.142. The molecule has 0 spiro atoms. The lowest BCUT2D eigenvalue weighted by Gasteiger charge is -2.32. The van der Waals surface area contributed by atoms with Crippen LogP contribution >= 0.6 is 0 Å². The van der Waals surface area contributed by atoms with E-state index in [2.05, 4.69) is 27.7 Å². The summed E-state index contributed by atoms with van der Waals surface area (Å²) in [4.78, 5) is 18.9. The smallest absolute Gasteiger partial charge is 0.313 e. The number of rotatable bonds is 8. The van der Waals surface area contributed by atoms with Crippen LogP contribution in [0.2, 0.25) is 0 Å². The first-order valence-electron chi connectivity index (χ1n) is 11.5. The molecule has 1 fully saturated rings. The number of para-hydroxylation sites is 2. The zero-order valence-electron chi connectivity index (χ0n) is 19.0. The molecule has 6 nitrogen and oxygen atoms in total. The fraction of sp³-hybridized carbons (Fsp3) is 0.462. The van der Waals surface area contributed by atoms with E-state index >= 15 is 0 Å². The number of nitrogens with zero attached hydrogens (tertiary/aromatic N) is 3. The van der Waals surface area contributed by atoms with Crippen molar-refractivity contribution in [2.45, 2.75) is 51.0 Å². The molecule has 4 rings (SSSR count). The Labute approximate surface area is 189 Å². The summed E-state index contributed by atoms with van der Waals surface area (Å²) in [6.07, 6.45) is 3.10. The van der Waals surface area contributed by atoms with Crippen LogP contribution in [0.25, 0.3) is 11.0 Å². The van der Waals surface area contributed by atoms with E-state index in [0.717, 1.165) is 61.3 Å². The Morgan fingerprint density at radius 2 is 1.75 bits per heavy atom. The van der Waals surface area contributed by atoms with Crippen molar-refractivity contribution < 1.29 is 15.0 Å².